The van der Waals surface area contributed by atoms with Crippen molar-refractivity contribution in [3.8, 4) is 0 Å². The van der Waals surface area contributed by atoms with Gasteiger partial charge in [-0.3, -0.25) is 6.08 Å². The Kier molecular flexibility index (Phi) is 15.3. The molecule has 0 spiro atoms. The molecular formula is C27H36Cl2OSi2Zr-2. The molecule has 0 saturated carbocycles. The SMILES string of the molecule is C[CH]=[Zr+2].C[Si](C)(C)OCC[Si](C)(C)C1=CC[C-]=C1.[Cl-].[Cl-].c1ccc2c(c1)[cH-]c1ccccc12. The van der Waals surface area contributed by atoms with Crippen LogP contribution in [-0.2, 0) is 28.7 Å². The van der Waals surface area contributed by atoms with Gasteiger partial charge in [-0.2, -0.15) is 6.08 Å². The van der Waals surface area contributed by atoms with E-state index in [1.165, 1.54) is 51.8 Å². The van der Waals surface area contributed by atoms with Crippen LogP contribution in [0.4, 0.5) is 0 Å². The topological polar surface area (TPSA) is 9.23 Å². The summed E-state index contributed by atoms with van der Waals surface area (Å²) in [6.07, 6.45) is 8.81. The van der Waals surface area contributed by atoms with E-state index in [-0.39, 0.29) is 24.8 Å². The molecule has 0 radical (unpaired) electrons. The third-order valence-corrected chi connectivity index (χ3v) is 9.70. The molecule has 0 amide bonds. The van der Waals surface area contributed by atoms with E-state index in [1.807, 2.05) is 6.92 Å². The molecule has 1 aliphatic rings. The average molecular weight is 595 g/mol. The third-order valence-electron chi connectivity index (χ3n) is 5.26. The molecule has 0 aliphatic heterocycles. The fraction of sp³-hybridized carbons (Fsp3) is 0.333. The summed E-state index contributed by atoms with van der Waals surface area (Å²) in [7, 11) is -2.55. The standard InChI is InChI=1S/C13H9.C12H23OSi2.C2H4.2ClH.Zr/c1-3-7-12-10(5-1)9-11-6-2-4-8-13(11)12;1-14(2,3)13-10-11-15(4,5)12-8-6-7-9-12;1-2;;;/h1-9H;8-9H,6,10-11H2,1-5H3;1H,2H3;2*1H;/q2*-1;;;;+2/p-2. The van der Waals surface area contributed by atoms with Crippen LogP contribution < -0.4 is 24.8 Å². The van der Waals surface area contributed by atoms with Gasteiger partial charge in [0.25, 0.3) is 0 Å². The Balaban J connectivity index is 0.000000528. The number of rotatable bonds is 5. The van der Waals surface area contributed by atoms with Crippen LogP contribution in [0.3, 0.4) is 0 Å². The molecule has 0 aromatic heterocycles. The van der Waals surface area contributed by atoms with E-state index in [1.54, 1.807) is 5.20 Å². The van der Waals surface area contributed by atoms with E-state index < -0.39 is 16.4 Å². The fourth-order valence-corrected chi connectivity index (χ4v) is 6.50. The predicted molar refractivity (Wildman–Crippen MR) is 141 cm³/mol. The molecule has 1 aliphatic carbocycles. The molecule has 178 valence electrons. The zero-order valence-corrected chi connectivity index (χ0v) is 26.7. The van der Waals surface area contributed by atoms with Crippen LogP contribution in [0.5, 0.6) is 0 Å². The maximum Gasteiger partial charge on any atom is 0.183 e. The first kappa shape index (κ1) is 32.5. The molecular weight excluding hydrogens is 559 g/mol. The number of fused-ring (bicyclic) bond motifs is 3. The summed E-state index contributed by atoms with van der Waals surface area (Å²) in [5, 5.41) is 6.95. The number of halogens is 2. The van der Waals surface area contributed by atoms with Crippen LogP contribution >= 0.6 is 0 Å². The van der Waals surface area contributed by atoms with Crippen molar-refractivity contribution >= 4 is 41.6 Å². The second kappa shape index (κ2) is 15.5. The van der Waals surface area contributed by atoms with Gasteiger partial charge in [-0.1, -0.05) is 49.5 Å². The molecule has 6 heteroatoms. The van der Waals surface area contributed by atoms with Crippen LogP contribution in [-0.4, -0.2) is 26.7 Å². The second-order valence-electron chi connectivity index (χ2n) is 9.41. The molecule has 0 N–H and O–H groups in total. The minimum absolute atomic E-state index is 0. The molecule has 3 aromatic carbocycles. The van der Waals surface area contributed by atoms with E-state index >= 15 is 0 Å². The number of hydrogen-bond donors (Lipinski definition) is 0. The van der Waals surface area contributed by atoms with Gasteiger partial charge in [-0.15, -0.1) is 46.2 Å². The summed E-state index contributed by atoms with van der Waals surface area (Å²) in [6, 6.07) is 20.5. The first-order valence-corrected chi connectivity index (χ1v) is 19.1. The Labute approximate surface area is 230 Å². The molecule has 0 atom stereocenters. The number of benzene rings is 2. The van der Waals surface area contributed by atoms with Crippen molar-refractivity contribution in [2.24, 2.45) is 0 Å². The predicted octanol–water partition coefficient (Wildman–Crippen LogP) is 1.85. The minimum atomic E-state index is -1.32. The summed E-state index contributed by atoms with van der Waals surface area (Å²) >= 11 is 1.51. The summed E-state index contributed by atoms with van der Waals surface area (Å²) in [4.78, 5) is 0. The van der Waals surface area contributed by atoms with E-state index in [9.17, 15) is 0 Å². The summed E-state index contributed by atoms with van der Waals surface area (Å²) in [6.45, 7) is 14.6. The molecule has 0 bridgehead atoms. The Morgan fingerprint density at radius 1 is 0.939 bits per heavy atom. The van der Waals surface area contributed by atoms with Crippen molar-refractivity contribution in [2.45, 2.75) is 52.1 Å². The molecule has 33 heavy (non-hydrogen) atoms. The minimum Gasteiger partial charge on any atom is -1.00 e. The monoisotopic (exact) mass is 592 g/mol. The second-order valence-corrected chi connectivity index (χ2v) is 20.2. The van der Waals surface area contributed by atoms with Gasteiger partial charge in [0.2, 0.25) is 0 Å². The average Bonchev–Trinajstić information content (AvgIpc) is 3.36. The Morgan fingerprint density at radius 3 is 1.85 bits per heavy atom. The zero-order chi connectivity index (χ0) is 22.9. The summed E-state index contributed by atoms with van der Waals surface area (Å²) in [5.41, 5.74) is 0. The molecule has 4 rings (SSSR count). The Hall–Kier alpha value is -0.483. The first-order chi connectivity index (χ1) is 14.7. The molecule has 0 fully saturated rings. The smallest absolute Gasteiger partial charge is 0.183 e. The van der Waals surface area contributed by atoms with E-state index in [4.69, 9.17) is 4.43 Å². The normalized spacial score (nSPS) is 12.5. The van der Waals surface area contributed by atoms with E-state index in [0.717, 1.165) is 13.0 Å². The van der Waals surface area contributed by atoms with Gasteiger partial charge in [0.15, 0.2) is 8.32 Å². The number of allylic oxidation sites excluding steroid dienone is 4. The fourth-order valence-electron chi connectivity index (χ4n) is 3.53. The largest absolute Gasteiger partial charge is 1.00 e. The van der Waals surface area contributed by atoms with Crippen LogP contribution in [0.25, 0.3) is 21.5 Å². The van der Waals surface area contributed by atoms with Gasteiger partial charge in [0, 0.05) is 6.61 Å². The van der Waals surface area contributed by atoms with Crippen molar-refractivity contribution in [1.82, 2.24) is 0 Å². The van der Waals surface area contributed by atoms with Gasteiger partial charge < -0.3 is 29.2 Å². The van der Waals surface area contributed by atoms with Gasteiger partial charge in [0.1, 0.15) is 0 Å². The molecule has 0 heterocycles. The van der Waals surface area contributed by atoms with Crippen LogP contribution in [0.1, 0.15) is 13.3 Å². The maximum absolute atomic E-state index is 5.94. The van der Waals surface area contributed by atoms with Crippen molar-refractivity contribution in [3.05, 3.63) is 78.0 Å². The van der Waals surface area contributed by atoms with E-state index in [2.05, 4.69) is 109 Å². The van der Waals surface area contributed by atoms with Gasteiger partial charge in [-0.25, -0.2) is 11.3 Å². The van der Waals surface area contributed by atoms with Crippen molar-refractivity contribution in [1.29, 1.82) is 0 Å². The summed E-state index contributed by atoms with van der Waals surface area (Å²) < 4.78 is 8.03. The summed E-state index contributed by atoms with van der Waals surface area (Å²) in [5.74, 6) is 0. The third kappa shape index (κ3) is 10.8. The van der Waals surface area contributed by atoms with Gasteiger partial charge in [-0.05, 0) is 33.8 Å². The maximum atomic E-state index is 5.94. The van der Waals surface area contributed by atoms with Crippen LogP contribution in [0.2, 0.25) is 38.8 Å². The van der Waals surface area contributed by atoms with Gasteiger partial charge in [0.05, 0.1) is 0 Å². The van der Waals surface area contributed by atoms with Gasteiger partial charge >= 0.3 is 34.9 Å². The molecule has 0 saturated heterocycles. The number of hydrogen-bond acceptors (Lipinski definition) is 1. The van der Waals surface area contributed by atoms with Crippen molar-refractivity contribution in [3.63, 3.8) is 0 Å². The first-order valence-electron chi connectivity index (χ1n) is 11.1. The zero-order valence-electron chi connectivity index (χ0n) is 20.7. The van der Waals surface area contributed by atoms with E-state index in [0.29, 0.717) is 0 Å². The molecule has 1 nitrogen and oxygen atoms in total. The Bertz CT molecular complexity index is 999. The Morgan fingerprint density at radius 2 is 1.42 bits per heavy atom. The molecule has 3 aromatic rings. The van der Waals surface area contributed by atoms with Crippen LogP contribution in [0, 0.1) is 6.08 Å². The quantitative estimate of drug-likeness (QED) is 0.324. The molecule has 0 unspecified atom stereocenters. The van der Waals surface area contributed by atoms with Crippen LogP contribution in [0.15, 0.2) is 71.9 Å². The van der Waals surface area contributed by atoms with Crippen molar-refractivity contribution in [2.75, 3.05) is 6.61 Å². The van der Waals surface area contributed by atoms with Crippen molar-refractivity contribution < 1.29 is 53.5 Å².